The Morgan fingerprint density at radius 1 is 1.21 bits per heavy atom. The normalized spacial score (nSPS) is 28.1. The van der Waals surface area contributed by atoms with Crippen LogP contribution in [0.2, 0.25) is 4.31 Å². The van der Waals surface area contributed by atoms with Gasteiger partial charge in [-0.25, -0.2) is 0 Å². The van der Waals surface area contributed by atoms with E-state index < -0.39 is 9.86 Å². The van der Waals surface area contributed by atoms with E-state index in [2.05, 4.69) is 27.7 Å². The summed E-state index contributed by atoms with van der Waals surface area (Å²) in [7, 11) is 0. The van der Waals surface area contributed by atoms with E-state index in [0.717, 1.165) is 12.8 Å². The molecule has 1 spiro atoms. The number of ether oxygens (including phenoxy) is 1. The summed E-state index contributed by atoms with van der Waals surface area (Å²) >= 11 is -0.0834. The number of fused-ring (bicyclic) bond motifs is 2. The van der Waals surface area contributed by atoms with Gasteiger partial charge in [-0.15, -0.1) is 0 Å². The summed E-state index contributed by atoms with van der Waals surface area (Å²) in [6, 6.07) is 6.10. The number of benzene rings is 1. The van der Waals surface area contributed by atoms with E-state index in [9.17, 15) is 19.7 Å². The van der Waals surface area contributed by atoms with E-state index in [0.29, 0.717) is 12.0 Å². The first-order valence-corrected chi connectivity index (χ1v) is 11.7. The van der Waals surface area contributed by atoms with Gasteiger partial charge < -0.3 is 0 Å². The summed E-state index contributed by atoms with van der Waals surface area (Å²) in [6.45, 7) is 9.20. The first-order valence-electron chi connectivity index (χ1n) is 9.89. The van der Waals surface area contributed by atoms with Crippen LogP contribution >= 0.6 is 0 Å². The Morgan fingerprint density at radius 2 is 1.79 bits per heavy atom. The van der Waals surface area contributed by atoms with Crippen LogP contribution < -0.4 is 0 Å². The fraction of sp³-hybridized carbons (Fsp3) is 0.619. The first-order chi connectivity index (χ1) is 13.5. The third kappa shape index (κ3) is 2.83. The first kappa shape index (κ1) is 20.4. The van der Waals surface area contributed by atoms with Crippen molar-refractivity contribution in [2.24, 2.45) is 10.8 Å². The topological polar surface area (TPSA) is 89.8 Å². The van der Waals surface area contributed by atoms with Crippen molar-refractivity contribution in [3.63, 3.8) is 0 Å². The van der Waals surface area contributed by atoms with Gasteiger partial charge in [0.05, 0.1) is 0 Å². The Hall–Kier alpha value is -1.92. The molecule has 2 aliphatic heterocycles. The van der Waals surface area contributed by atoms with E-state index >= 15 is 0 Å². The van der Waals surface area contributed by atoms with Crippen LogP contribution in [0, 0.1) is 20.9 Å². The van der Waals surface area contributed by atoms with Crippen LogP contribution in [0.3, 0.4) is 0 Å². The molecule has 1 amide bonds. The number of nitrogens with zero attached hydrogens (tertiary/aromatic N) is 2. The molecule has 0 unspecified atom stereocenters. The van der Waals surface area contributed by atoms with E-state index in [1.165, 1.54) is 12.1 Å². The fourth-order valence-electron chi connectivity index (χ4n) is 5.61. The fourth-order valence-corrected chi connectivity index (χ4v) is 10.00. The van der Waals surface area contributed by atoms with Crippen molar-refractivity contribution >= 4 is 32.5 Å². The van der Waals surface area contributed by atoms with Crippen LogP contribution in [-0.4, -0.2) is 47.6 Å². The Morgan fingerprint density at radius 3 is 2.31 bits per heavy atom. The van der Waals surface area contributed by atoms with Gasteiger partial charge in [-0.2, -0.15) is 0 Å². The number of β-lactam (4-membered cyclic amide) rings is 1. The van der Waals surface area contributed by atoms with Gasteiger partial charge in [0, 0.05) is 0 Å². The molecule has 0 aromatic heterocycles. The van der Waals surface area contributed by atoms with E-state index in [1.54, 1.807) is 17.0 Å². The van der Waals surface area contributed by atoms with E-state index in [4.69, 9.17) is 4.74 Å². The van der Waals surface area contributed by atoms with Gasteiger partial charge in [0.15, 0.2) is 0 Å². The molecule has 4 rings (SSSR count). The standard InChI is InChI=1S/C21H26N2O5Se/c1-19(2)9-10-20(3,4)21(19)15-11-16(24)22(15)17(29-21)18(25)28-12-13-5-7-14(8-6-13)23(26)27/h5-8,15,17H,9-12H2,1-4H3/t15-,17+/m1/s1. The van der Waals surface area contributed by atoms with Crippen molar-refractivity contribution in [2.45, 2.75) is 68.9 Å². The molecule has 3 aliphatic rings. The Labute approximate surface area is 176 Å². The van der Waals surface area contributed by atoms with Gasteiger partial charge in [0.1, 0.15) is 0 Å². The minimum absolute atomic E-state index is 0.000795. The van der Waals surface area contributed by atoms with Crippen molar-refractivity contribution in [3.05, 3.63) is 39.9 Å². The molecule has 2 heterocycles. The van der Waals surface area contributed by atoms with Crippen molar-refractivity contribution in [1.82, 2.24) is 4.90 Å². The van der Waals surface area contributed by atoms with Crippen molar-refractivity contribution < 1.29 is 19.2 Å². The monoisotopic (exact) mass is 466 g/mol. The number of carbonyl (C=O) groups excluding carboxylic acids is 2. The molecule has 0 radical (unpaired) electrons. The summed E-state index contributed by atoms with van der Waals surface area (Å²) in [6.07, 6.45) is 2.73. The minimum atomic E-state index is -0.483. The van der Waals surface area contributed by atoms with E-state index in [-0.39, 0.29) is 60.3 Å². The summed E-state index contributed by atoms with van der Waals surface area (Å²) in [5.41, 5.74) is 0.846. The molecule has 7 nitrogen and oxygen atoms in total. The second-order valence-corrected chi connectivity index (χ2v) is 12.3. The van der Waals surface area contributed by atoms with Crippen LogP contribution in [0.4, 0.5) is 5.69 Å². The van der Waals surface area contributed by atoms with Crippen LogP contribution in [0.25, 0.3) is 0 Å². The Kier molecular flexibility index (Phi) is 4.59. The number of amides is 1. The average Bonchev–Trinajstić information content (AvgIpc) is 3.05. The molecule has 3 fully saturated rings. The van der Waals surface area contributed by atoms with Gasteiger partial charge in [-0.1, -0.05) is 0 Å². The molecular weight excluding hydrogens is 439 g/mol. The molecule has 1 saturated carbocycles. The second kappa shape index (κ2) is 6.54. The zero-order chi connectivity index (χ0) is 21.2. The number of non-ortho nitro benzene ring substituents is 1. The predicted molar refractivity (Wildman–Crippen MR) is 107 cm³/mol. The van der Waals surface area contributed by atoms with Gasteiger partial charge in [-0.05, 0) is 0 Å². The van der Waals surface area contributed by atoms with E-state index in [1.807, 2.05) is 0 Å². The molecular formula is C21H26N2O5Se. The molecule has 0 bridgehead atoms. The number of hydrogen-bond donors (Lipinski definition) is 0. The zero-order valence-corrected chi connectivity index (χ0v) is 18.8. The molecule has 156 valence electrons. The molecule has 2 saturated heterocycles. The SMILES string of the molecule is CC1(C)CCC(C)(C)C12[Se][C@@H](C(=O)OCc1ccc([N+](=O)[O-])cc1)N1C(=O)C[C@@H]12. The summed E-state index contributed by atoms with van der Waals surface area (Å²) in [4.78, 5) is 37.0. The maximum atomic E-state index is 13.0. The molecule has 2 atom stereocenters. The second-order valence-electron chi connectivity index (χ2n) is 9.53. The van der Waals surface area contributed by atoms with Gasteiger partial charge in [-0.3, -0.25) is 0 Å². The molecule has 29 heavy (non-hydrogen) atoms. The average molecular weight is 465 g/mol. The third-order valence-corrected chi connectivity index (χ3v) is 12.1. The Bertz CT molecular complexity index is 864. The zero-order valence-electron chi connectivity index (χ0n) is 17.1. The summed E-state index contributed by atoms with van der Waals surface area (Å²) < 4.78 is 5.54. The number of rotatable bonds is 4. The predicted octanol–water partition coefficient (Wildman–Crippen LogP) is 3.29. The number of esters is 1. The molecule has 1 aliphatic carbocycles. The van der Waals surface area contributed by atoms with Crippen LogP contribution in [0.5, 0.6) is 0 Å². The quantitative estimate of drug-likeness (QED) is 0.224. The Balaban J connectivity index is 1.52. The van der Waals surface area contributed by atoms with Crippen LogP contribution in [0.1, 0.15) is 52.5 Å². The van der Waals surface area contributed by atoms with Crippen molar-refractivity contribution in [2.75, 3.05) is 0 Å². The van der Waals surface area contributed by atoms with Crippen molar-refractivity contribution in [3.8, 4) is 0 Å². The molecule has 1 aromatic rings. The molecule has 1 aromatic carbocycles. The number of nitro benzene ring substituents is 1. The maximum absolute atomic E-state index is 13.0. The van der Waals surface area contributed by atoms with Crippen LogP contribution in [-0.2, 0) is 20.9 Å². The third-order valence-electron chi connectivity index (χ3n) is 7.13. The van der Waals surface area contributed by atoms with Crippen molar-refractivity contribution in [1.29, 1.82) is 0 Å². The van der Waals surface area contributed by atoms with Crippen LogP contribution in [0.15, 0.2) is 24.3 Å². The van der Waals surface area contributed by atoms with Gasteiger partial charge in [0.25, 0.3) is 0 Å². The molecule has 0 N–H and O–H groups in total. The summed E-state index contributed by atoms with van der Waals surface area (Å²) in [5.74, 6) is -0.304. The number of carbonyl (C=O) groups is 2. The number of hydrogen-bond acceptors (Lipinski definition) is 5. The number of nitro groups is 1. The van der Waals surface area contributed by atoms with Gasteiger partial charge >= 0.3 is 176 Å². The molecule has 8 heteroatoms. The summed E-state index contributed by atoms with van der Waals surface area (Å²) in [5, 5.41) is 10.8. The van der Waals surface area contributed by atoms with Gasteiger partial charge in [0.2, 0.25) is 0 Å².